The van der Waals surface area contributed by atoms with Crippen LogP contribution in [-0.4, -0.2) is 57.2 Å². The van der Waals surface area contributed by atoms with Gasteiger partial charge in [0.2, 0.25) is 5.91 Å². The molecule has 0 bridgehead atoms. The molecule has 0 spiro atoms. The molecule has 0 saturated heterocycles. The van der Waals surface area contributed by atoms with Crippen molar-refractivity contribution in [1.82, 2.24) is 15.5 Å². The number of terminal acetylenes is 1. The summed E-state index contributed by atoms with van der Waals surface area (Å²) in [5.41, 5.74) is -0.150. The van der Waals surface area contributed by atoms with E-state index >= 15 is 0 Å². The maximum Gasteiger partial charge on any atom is 0.408 e. The Hall–Kier alpha value is -4.52. The Morgan fingerprint density at radius 1 is 0.952 bits per heavy atom. The lowest BCUT2D eigenvalue weighted by Crippen LogP contribution is -2.53. The van der Waals surface area contributed by atoms with Crippen LogP contribution in [0.15, 0.2) is 48.5 Å². The zero-order valence-electron chi connectivity index (χ0n) is 25.5. The number of amides is 3. The van der Waals surface area contributed by atoms with Crippen molar-refractivity contribution < 1.29 is 33.8 Å². The number of nitrogens with zero attached hydrogens (tertiary/aromatic N) is 1. The van der Waals surface area contributed by atoms with Crippen molar-refractivity contribution in [1.29, 1.82) is 0 Å². The van der Waals surface area contributed by atoms with E-state index in [1.165, 1.54) is 25.1 Å². The molecule has 0 heterocycles. The third kappa shape index (κ3) is 10.1. The lowest BCUT2D eigenvalue weighted by Gasteiger charge is -2.31. The highest BCUT2D eigenvalue weighted by molar-refractivity contribution is 5.94. The van der Waals surface area contributed by atoms with Crippen LogP contribution >= 0.6 is 0 Å². The second kappa shape index (κ2) is 13.9. The van der Waals surface area contributed by atoms with Crippen molar-refractivity contribution >= 4 is 23.9 Å². The van der Waals surface area contributed by atoms with Crippen LogP contribution in [-0.2, 0) is 30.3 Å². The Kier molecular flexibility index (Phi) is 11.1. The molecule has 226 valence electrons. The van der Waals surface area contributed by atoms with Crippen LogP contribution in [0, 0.1) is 19.4 Å². The number of rotatable bonds is 9. The molecular formula is C32H41N3O7. The van der Waals surface area contributed by atoms with Gasteiger partial charge in [-0.1, -0.05) is 42.8 Å². The summed E-state index contributed by atoms with van der Waals surface area (Å²) in [5, 5.41) is 15.3. The fourth-order valence-electron chi connectivity index (χ4n) is 3.95. The van der Waals surface area contributed by atoms with Gasteiger partial charge in [0.1, 0.15) is 35.1 Å². The number of ether oxygens (including phenoxy) is 2. The minimum Gasteiger partial charge on any atom is -0.508 e. The first-order chi connectivity index (χ1) is 19.4. The van der Waals surface area contributed by atoms with Gasteiger partial charge in [0.15, 0.2) is 0 Å². The maximum absolute atomic E-state index is 14.0. The van der Waals surface area contributed by atoms with E-state index in [0.29, 0.717) is 5.56 Å². The molecular weight excluding hydrogens is 538 g/mol. The number of hydrogen-bond donors (Lipinski definition) is 3. The summed E-state index contributed by atoms with van der Waals surface area (Å²) in [7, 11) is 0. The Labute approximate surface area is 247 Å². The molecule has 3 unspecified atom stereocenters. The van der Waals surface area contributed by atoms with Crippen molar-refractivity contribution in [3.63, 3.8) is 0 Å². The number of aromatic hydroxyl groups is 1. The number of phenols is 1. The SMILES string of the molecule is C#CN(C(=O)C(C)NC(=O)OC(C)(C)C)C(C(=O)NC(Cc1ccccc1)C(=O)OC(C)(C)C)c1ccc(O)c(C)c1. The van der Waals surface area contributed by atoms with Gasteiger partial charge in [-0.05, 0) is 84.2 Å². The molecule has 2 rings (SSSR count). The Morgan fingerprint density at radius 3 is 2.07 bits per heavy atom. The van der Waals surface area contributed by atoms with Gasteiger partial charge in [0.25, 0.3) is 5.91 Å². The van der Waals surface area contributed by atoms with E-state index in [-0.39, 0.29) is 17.7 Å². The average Bonchev–Trinajstić information content (AvgIpc) is 2.86. The number of benzene rings is 2. The highest BCUT2D eigenvalue weighted by atomic mass is 16.6. The third-order valence-corrected chi connectivity index (χ3v) is 5.81. The molecule has 0 aliphatic heterocycles. The van der Waals surface area contributed by atoms with Gasteiger partial charge < -0.3 is 25.2 Å². The molecule has 0 fully saturated rings. The smallest absolute Gasteiger partial charge is 0.408 e. The zero-order valence-corrected chi connectivity index (χ0v) is 25.5. The van der Waals surface area contributed by atoms with Gasteiger partial charge in [0, 0.05) is 12.5 Å². The van der Waals surface area contributed by atoms with Crippen molar-refractivity contribution in [3.8, 4) is 18.2 Å². The van der Waals surface area contributed by atoms with Crippen LogP contribution in [0.4, 0.5) is 4.79 Å². The van der Waals surface area contributed by atoms with Gasteiger partial charge >= 0.3 is 12.1 Å². The Morgan fingerprint density at radius 2 is 1.55 bits per heavy atom. The molecule has 0 saturated carbocycles. The standard InChI is InChI=1S/C32H41N3O7/c1-10-35(28(38)21(3)33-30(40)42-32(7,8)9)26(23-16-17-25(36)20(2)18-23)27(37)34-24(29(39)41-31(4,5)6)19-22-14-12-11-13-15-22/h1,11-18,21,24,26,36H,19H2,2-9H3,(H,33,40)(H,34,37). The van der Waals surface area contributed by atoms with E-state index in [0.717, 1.165) is 10.5 Å². The molecule has 42 heavy (non-hydrogen) atoms. The molecule has 3 atom stereocenters. The predicted octanol–water partition coefficient (Wildman–Crippen LogP) is 4.14. The summed E-state index contributed by atoms with van der Waals surface area (Å²) >= 11 is 0. The monoisotopic (exact) mass is 579 g/mol. The first kappa shape index (κ1) is 33.7. The maximum atomic E-state index is 14.0. The second-order valence-electron chi connectivity index (χ2n) is 11.9. The topological polar surface area (TPSA) is 134 Å². The second-order valence-corrected chi connectivity index (χ2v) is 11.9. The number of phenolic OH excluding ortho intramolecular Hbond substituents is 1. The first-order valence-electron chi connectivity index (χ1n) is 13.6. The summed E-state index contributed by atoms with van der Waals surface area (Å²) in [6.45, 7) is 13.2. The summed E-state index contributed by atoms with van der Waals surface area (Å²) in [6, 6.07) is 12.0. The molecule has 0 radical (unpaired) electrons. The number of carbonyl (C=O) groups excluding carboxylic acids is 4. The fraction of sp³-hybridized carbons (Fsp3) is 0.438. The molecule has 3 amide bonds. The van der Waals surface area contributed by atoms with Crippen LogP contribution in [0.1, 0.15) is 71.2 Å². The largest absolute Gasteiger partial charge is 0.508 e. The van der Waals surface area contributed by atoms with Crippen molar-refractivity contribution in [3.05, 3.63) is 65.2 Å². The zero-order chi connectivity index (χ0) is 31.8. The Balaban J connectivity index is 2.48. The fourth-order valence-corrected chi connectivity index (χ4v) is 3.95. The van der Waals surface area contributed by atoms with Crippen molar-refractivity contribution in [2.75, 3.05) is 0 Å². The number of esters is 1. The Bertz CT molecular complexity index is 1320. The van der Waals surface area contributed by atoms with Gasteiger partial charge in [-0.2, -0.15) is 0 Å². The summed E-state index contributed by atoms with van der Waals surface area (Å²) in [4.78, 5) is 53.9. The van der Waals surface area contributed by atoms with Crippen LogP contribution < -0.4 is 10.6 Å². The highest BCUT2D eigenvalue weighted by Crippen LogP contribution is 2.27. The van der Waals surface area contributed by atoms with Gasteiger partial charge in [-0.15, -0.1) is 0 Å². The number of hydrogen-bond acceptors (Lipinski definition) is 7. The number of nitrogens with one attached hydrogen (secondary N) is 2. The normalized spacial score (nSPS) is 13.5. The van der Waals surface area contributed by atoms with Gasteiger partial charge in [-0.3, -0.25) is 14.5 Å². The molecule has 2 aromatic rings. The van der Waals surface area contributed by atoms with E-state index in [2.05, 4.69) is 16.7 Å². The molecule has 0 aliphatic rings. The quantitative estimate of drug-likeness (QED) is 0.231. The molecule has 10 heteroatoms. The molecule has 3 N–H and O–H groups in total. The average molecular weight is 580 g/mol. The number of carbonyl (C=O) groups is 4. The lowest BCUT2D eigenvalue weighted by atomic mass is 9.99. The van der Waals surface area contributed by atoms with Gasteiger partial charge in [-0.25, -0.2) is 9.59 Å². The van der Waals surface area contributed by atoms with Crippen molar-refractivity contribution in [2.24, 2.45) is 0 Å². The molecule has 10 nitrogen and oxygen atoms in total. The van der Waals surface area contributed by atoms with Crippen LogP contribution in [0.25, 0.3) is 0 Å². The predicted molar refractivity (Wildman–Crippen MR) is 158 cm³/mol. The van der Waals surface area contributed by atoms with E-state index in [1.54, 1.807) is 48.5 Å². The number of aryl methyl sites for hydroxylation is 1. The summed E-state index contributed by atoms with van der Waals surface area (Å²) in [5.74, 6) is -2.22. The molecule has 2 aromatic carbocycles. The van der Waals surface area contributed by atoms with Crippen molar-refractivity contribution in [2.45, 2.75) is 91.1 Å². The summed E-state index contributed by atoms with van der Waals surface area (Å²) < 4.78 is 10.8. The lowest BCUT2D eigenvalue weighted by molar-refractivity contribution is -0.159. The van der Waals surface area contributed by atoms with E-state index in [4.69, 9.17) is 15.9 Å². The van der Waals surface area contributed by atoms with Crippen LogP contribution in [0.3, 0.4) is 0 Å². The van der Waals surface area contributed by atoms with Crippen LogP contribution in [0.5, 0.6) is 5.75 Å². The van der Waals surface area contributed by atoms with E-state index in [1.807, 2.05) is 30.3 Å². The number of alkyl carbamates (subject to hydrolysis) is 1. The highest BCUT2D eigenvalue weighted by Gasteiger charge is 2.37. The molecule has 0 aromatic heterocycles. The summed E-state index contributed by atoms with van der Waals surface area (Å²) in [6.07, 6.45) is 5.05. The van der Waals surface area contributed by atoms with Gasteiger partial charge in [0.05, 0.1) is 0 Å². The first-order valence-corrected chi connectivity index (χ1v) is 13.6. The third-order valence-electron chi connectivity index (χ3n) is 5.81. The molecule has 0 aliphatic carbocycles. The minimum absolute atomic E-state index is 0.0211. The van der Waals surface area contributed by atoms with Crippen LogP contribution in [0.2, 0.25) is 0 Å². The van der Waals surface area contributed by atoms with E-state index in [9.17, 15) is 24.3 Å². The van der Waals surface area contributed by atoms with E-state index < -0.39 is 53.2 Å². The minimum atomic E-state index is -1.43.